The number of aromatic nitrogens is 3. The molecule has 0 aromatic carbocycles. The van der Waals surface area contributed by atoms with Crippen molar-refractivity contribution in [3.63, 3.8) is 0 Å². The average Bonchev–Trinajstić information content (AvgIpc) is 3.17. The highest BCUT2D eigenvalue weighted by molar-refractivity contribution is 7.15. The molecule has 0 atom stereocenters. The number of nitrogens with zero attached hydrogens (tertiary/aromatic N) is 5. The molecule has 1 aliphatic rings. The van der Waals surface area contributed by atoms with E-state index in [1.807, 2.05) is 10.3 Å². The van der Waals surface area contributed by atoms with Crippen LogP contribution in [0.2, 0.25) is 0 Å². The van der Waals surface area contributed by atoms with Gasteiger partial charge in [0.05, 0.1) is 18.4 Å². The van der Waals surface area contributed by atoms with Gasteiger partial charge in [-0.2, -0.15) is 0 Å². The topological polar surface area (TPSA) is 80.0 Å². The highest BCUT2D eigenvalue weighted by atomic mass is 32.1. The third kappa shape index (κ3) is 3.69. The maximum atomic E-state index is 12.6. The fraction of sp³-hybridized carbons (Fsp3) is 0.333. The molecule has 27 heavy (non-hydrogen) atoms. The van der Waals surface area contributed by atoms with E-state index in [0.717, 1.165) is 18.8 Å². The van der Waals surface area contributed by atoms with Crippen molar-refractivity contribution in [2.24, 2.45) is 0 Å². The lowest BCUT2D eigenvalue weighted by atomic mass is 10.2. The van der Waals surface area contributed by atoms with Crippen molar-refractivity contribution in [1.29, 1.82) is 0 Å². The van der Waals surface area contributed by atoms with Gasteiger partial charge in [-0.05, 0) is 6.07 Å². The van der Waals surface area contributed by atoms with Crippen molar-refractivity contribution in [2.45, 2.75) is 6.54 Å². The van der Waals surface area contributed by atoms with Gasteiger partial charge in [0.2, 0.25) is 5.88 Å². The SMILES string of the molecule is COc1ccc(C(=O)N2CCN(Cc3cc(=O)n4ccsc4n3)CC2)cn1. The Hall–Kier alpha value is -2.78. The van der Waals surface area contributed by atoms with E-state index in [1.54, 1.807) is 42.1 Å². The molecule has 4 heterocycles. The van der Waals surface area contributed by atoms with Crippen molar-refractivity contribution in [3.05, 3.63) is 57.6 Å². The number of carbonyl (C=O) groups excluding carboxylic acids is 1. The standard InChI is InChI=1S/C18H19N5O3S/c1-26-15-3-2-13(11-19-15)17(25)22-6-4-21(5-7-22)12-14-10-16(24)23-8-9-27-18(23)20-14/h2-3,8-11H,4-7,12H2,1H3. The molecule has 0 spiro atoms. The van der Waals surface area contributed by atoms with Crippen molar-refractivity contribution < 1.29 is 9.53 Å². The van der Waals surface area contributed by atoms with Crippen molar-refractivity contribution in [3.8, 4) is 5.88 Å². The zero-order valence-corrected chi connectivity index (χ0v) is 15.7. The van der Waals surface area contributed by atoms with Crippen LogP contribution in [0.3, 0.4) is 0 Å². The minimum absolute atomic E-state index is 0.0267. The number of rotatable bonds is 4. The third-order valence-electron chi connectivity index (χ3n) is 4.59. The van der Waals surface area contributed by atoms with E-state index in [0.29, 0.717) is 36.0 Å². The number of pyridine rings is 1. The first-order valence-corrected chi connectivity index (χ1v) is 9.49. The fourth-order valence-corrected chi connectivity index (χ4v) is 3.86. The Balaban J connectivity index is 1.37. The first-order chi connectivity index (χ1) is 13.1. The zero-order chi connectivity index (χ0) is 18.8. The Labute approximate surface area is 159 Å². The molecule has 1 aliphatic heterocycles. The molecule has 3 aromatic rings. The Bertz CT molecular complexity index is 1010. The molecule has 8 nitrogen and oxygen atoms in total. The van der Waals surface area contributed by atoms with E-state index in [4.69, 9.17) is 4.74 Å². The lowest BCUT2D eigenvalue weighted by molar-refractivity contribution is 0.0626. The molecular weight excluding hydrogens is 366 g/mol. The van der Waals surface area contributed by atoms with Gasteiger partial charge in [0.25, 0.3) is 11.5 Å². The monoisotopic (exact) mass is 385 g/mol. The summed E-state index contributed by atoms with van der Waals surface area (Å²) in [5.74, 6) is 0.462. The summed E-state index contributed by atoms with van der Waals surface area (Å²) < 4.78 is 6.57. The lowest BCUT2D eigenvalue weighted by Gasteiger charge is -2.34. The zero-order valence-electron chi connectivity index (χ0n) is 14.9. The van der Waals surface area contributed by atoms with E-state index in [9.17, 15) is 9.59 Å². The van der Waals surface area contributed by atoms with Crippen LogP contribution >= 0.6 is 11.3 Å². The van der Waals surface area contributed by atoms with E-state index < -0.39 is 0 Å². The molecule has 3 aromatic heterocycles. The molecule has 0 unspecified atom stereocenters. The fourth-order valence-electron chi connectivity index (χ4n) is 3.12. The van der Waals surface area contributed by atoms with Gasteiger partial charge in [0.15, 0.2) is 4.96 Å². The molecule has 1 amide bonds. The normalized spacial score (nSPS) is 15.2. The van der Waals surface area contributed by atoms with Gasteiger partial charge in [-0.1, -0.05) is 0 Å². The molecule has 0 radical (unpaired) electrons. The highest BCUT2D eigenvalue weighted by Gasteiger charge is 2.23. The molecule has 0 aliphatic carbocycles. The second-order valence-corrected chi connectivity index (χ2v) is 7.17. The van der Waals surface area contributed by atoms with Gasteiger partial charge in [0, 0.05) is 62.6 Å². The van der Waals surface area contributed by atoms with E-state index in [2.05, 4.69) is 14.9 Å². The second kappa shape index (κ2) is 7.45. The Morgan fingerprint density at radius 2 is 2.07 bits per heavy atom. The summed E-state index contributed by atoms with van der Waals surface area (Å²) in [6.07, 6.45) is 3.28. The highest BCUT2D eigenvalue weighted by Crippen LogP contribution is 2.13. The van der Waals surface area contributed by atoms with Crippen LogP contribution in [0.5, 0.6) is 5.88 Å². The Morgan fingerprint density at radius 3 is 2.78 bits per heavy atom. The van der Waals surface area contributed by atoms with Crippen molar-refractivity contribution in [1.82, 2.24) is 24.2 Å². The molecule has 140 valence electrons. The first-order valence-electron chi connectivity index (χ1n) is 8.61. The van der Waals surface area contributed by atoms with E-state index in [-0.39, 0.29) is 11.5 Å². The van der Waals surface area contributed by atoms with Crippen LogP contribution in [0.4, 0.5) is 0 Å². The van der Waals surface area contributed by atoms with Crippen molar-refractivity contribution >= 4 is 22.2 Å². The minimum Gasteiger partial charge on any atom is -0.481 e. The number of carbonyl (C=O) groups is 1. The van der Waals surface area contributed by atoms with Crippen LogP contribution in [-0.2, 0) is 6.54 Å². The van der Waals surface area contributed by atoms with Gasteiger partial charge in [-0.3, -0.25) is 18.9 Å². The van der Waals surface area contributed by atoms with Gasteiger partial charge < -0.3 is 9.64 Å². The van der Waals surface area contributed by atoms with Gasteiger partial charge in [-0.25, -0.2) is 9.97 Å². The maximum absolute atomic E-state index is 12.6. The number of thiazole rings is 1. The largest absolute Gasteiger partial charge is 0.481 e. The number of hydrogen-bond acceptors (Lipinski definition) is 7. The van der Waals surface area contributed by atoms with Crippen molar-refractivity contribution in [2.75, 3.05) is 33.3 Å². The summed E-state index contributed by atoms with van der Waals surface area (Å²) in [6, 6.07) is 5.00. The van der Waals surface area contributed by atoms with E-state index in [1.165, 1.54) is 11.3 Å². The lowest BCUT2D eigenvalue weighted by Crippen LogP contribution is -2.48. The van der Waals surface area contributed by atoms with Crippen LogP contribution in [0.1, 0.15) is 16.1 Å². The predicted octanol–water partition coefficient (Wildman–Crippen LogP) is 1.12. The average molecular weight is 385 g/mol. The number of methoxy groups -OCH3 is 1. The van der Waals surface area contributed by atoms with Crippen LogP contribution in [0, 0.1) is 0 Å². The molecule has 4 rings (SSSR count). The summed E-state index contributed by atoms with van der Waals surface area (Å²) in [6.45, 7) is 3.34. The number of ether oxygens (including phenoxy) is 1. The van der Waals surface area contributed by atoms with Gasteiger partial charge in [0.1, 0.15) is 0 Å². The number of amides is 1. The molecule has 0 saturated carbocycles. The minimum atomic E-state index is -0.0583. The summed E-state index contributed by atoms with van der Waals surface area (Å²) in [4.78, 5) is 38.1. The molecule has 0 bridgehead atoms. The van der Waals surface area contributed by atoms with Gasteiger partial charge in [-0.15, -0.1) is 11.3 Å². The summed E-state index contributed by atoms with van der Waals surface area (Å²) in [5, 5.41) is 1.85. The molecular formula is C18H19N5O3S. The smallest absolute Gasteiger partial charge is 0.258 e. The van der Waals surface area contributed by atoms with Crippen LogP contribution in [0.25, 0.3) is 4.96 Å². The summed E-state index contributed by atoms with van der Waals surface area (Å²) in [5.41, 5.74) is 1.26. The summed E-state index contributed by atoms with van der Waals surface area (Å²) in [7, 11) is 1.54. The number of fused-ring (bicyclic) bond motifs is 1. The number of hydrogen-bond donors (Lipinski definition) is 0. The quantitative estimate of drug-likeness (QED) is 0.670. The first kappa shape index (κ1) is 17.6. The van der Waals surface area contributed by atoms with Gasteiger partial charge >= 0.3 is 0 Å². The second-order valence-electron chi connectivity index (χ2n) is 6.30. The maximum Gasteiger partial charge on any atom is 0.258 e. The molecule has 1 saturated heterocycles. The van der Waals surface area contributed by atoms with Crippen LogP contribution in [-0.4, -0.2) is 63.4 Å². The number of piperazine rings is 1. The predicted molar refractivity (Wildman–Crippen MR) is 101 cm³/mol. The third-order valence-corrected chi connectivity index (χ3v) is 5.35. The van der Waals surface area contributed by atoms with Crippen LogP contribution in [0.15, 0.2) is 40.8 Å². The molecule has 1 fully saturated rings. The summed E-state index contributed by atoms with van der Waals surface area (Å²) >= 11 is 1.45. The van der Waals surface area contributed by atoms with E-state index >= 15 is 0 Å². The molecule has 9 heteroatoms. The Kier molecular flexibility index (Phi) is 4.87. The Morgan fingerprint density at radius 1 is 1.26 bits per heavy atom. The molecule has 0 N–H and O–H groups in total. The van der Waals surface area contributed by atoms with Crippen LogP contribution < -0.4 is 10.3 Å².